The first-order valence-corrected chi connectivity index (χ1v) is 7.73. The van der Waals surface area contributed by atoms with Crippen LogP contribution in [0.2, 0.25) is 0 Å². The molecule has 0 spiro atoms. The molecule has 3 N–H and O–H groups in total. The van der Waals surface area contributed by atoms with Gasteiger partial charge in [-0.25, -0.2) is 4.79 Å². The average molecular weight is 316 g/mol. The normalized spacial score (nSPS) is 32.9. The molecule has 0 saturated heterocycles. The fourth-order valence-corrected chi connectivity index (χ4v) is 3.31. The number of methoxy groups -OCH3 is 1. The summed E-state index contributed by atoms with van der Waals surface area (Å²) in [5.41, 5.74) is 5.53. The van der Waals surface area contributed by atoms with Crippen molar-refractivity contribution in [3.63, 3.8) is 0 Å². The van der Waals surface area contributed by atoms with Gasteiger partial charge in [-0.2, -0.15) is 0 Å². The van der Waals surface area contributed by atoms with Gasteiger partial charge in [-0.3, -0.25) is 4.79 Å². The summed E-state index contributed by atoms with van der Waals surface area (Å²) >= 11 is 5.71. The van der Waals surface area contributed by atoms with E-state index in [0.717, 1.165) is 12.8 Å². The molecular weight excluding hydrogens is 294 g/mol. The topological polar surface area (TPSA) is 84.7 Å². The Morgan fingerprint density at radius 2 is 2.33 bits per heavy atom. The summed E-state index contributed by atoms with van der Waals surface area (Å²) < 4.78 is 5.46. The molecule has 2 rings (SSSR count). The number of ether oxygens (including phenoxy) is 1. The number of carbonyl (C=O) groups is 2. The van der Waals surface area contributed by atoms with Gasteiger partial charge >= 0.3 is 6.03 Å². The Balaban J connectivity index is 2.25. The molecule has 118 valence electrons. The van der Waals surface area contributed by atoms with E-state index in [1.807, 2.05) is 6.08 Å². The maximum Gasteiger partial charge on any atom is 0.321 e. The molecule has 6 nitrogen and oxygen atoms in total. The molecule has 1 heterocycles. The number of nitrogens with one attached hydrogen (secondary N) is 1. The molecule has 2 aliphatic rings. The zero-order valence-electron chi connectivity index (χ0n) is 12.1. The molecule has 3 amide bonds. The van der Waals surface area contributed by atoms with Gasteiger partial charge in [-0.1, -0.05) is 6.08 Å². The molecule has 1 saturated carbocycles. The second-order valence-electron chi connectivity index (χ2n) is 5.54. The first-order chi connectivity index (χ1) is 10.1. The summed E-state index contributed by atoms with van der Waals surface area (Å²) in [6, 6.07) is -0.520. The number of rotatable bonds is 4. The lowest BCUT2D eigenvalue weighted by molar-refractivity contribution is -0.123. The van der Waals surface area contributed by atoms with Gasteiger partial charge < -0.3 is 20.7 Å². The van der Waals surface area contributed by atoms with Crippen LogP contribution in [0.4, 0.5) is 4.79 Å². The summed E-state index contributed by atoms with van der Waals surface area (Å²) in [5, 5.41) is 2.94. The predicted octanol–water partition coefficient (Wildman–Crippen LogP) is 1.05. The molecular formula is C14H22ClN3O3. The van der Waals surface area contributed by atoms with Crippen molar-refractivity contribution in [2.24, 2.45) is 17.6 Å². The van der Waals surface area contributed by atoms with Gasteiger partial charge in [0.1, 0.15) is 0 Å². The van der Waals surface area contributed by atoms with Crippen LogP contribution in [0.1, 0.15) is 19.3 Å². The van der Waals surface area contributed by atoms with E-state index in [1.165, 1.54) is 4.90 Å². The maximum atomic E-state index is 12.2. The minimum absolute atomic E-state index is 0.0271. The van der Waals surface area contributed by atoms with E-state index in [0.29, 0.717) is 18.8 Å². The molecule has 7 heteroatoms. The monoisotopic (exact) mass is 315 g/mol. The number of alkyl halides is 1. The number of fused-ring (bicyclic) bond motifs is 1. The lowest BCUT2D eigenvalue weighted by Gasteiger charge is -2.28. The Labute approximate surface area is 129 Å². The van der Waals surface area contributed by atoms with Crippen molar-refractivity contribution in [1.82, 2.24) is 10.2 Å². The van der Waals surface area contributed by atoms with E-state index in [-0.39, 0.29) is 35.9 Å². The number of hydrogen-bond acceptors (Lipinski definition) is 3. The van der Waals surface area contributed by atoms with Crippen molar-refractivity contribution in [3.05, 3.63) is 12.3 Å². The van der Waals surface area contributed by atoms with Crippen LogP contribution in [-0.2, 0) is 9.53 Å². The number of halogens is 1. The summed E-state index contributed by atoms with van der Waals surface area (Å²) in [5.74, 6) is -0.368. The van der Waals surface area contributed by atoms with Gasteiger partial charge in [0.05, 0.1) is 12.0 Å². The molecule has 0 aromatic heterocycles. The first kappa shape index (κ1) is 16.1. The van der Waals surface area contributed by atoms with E-state index in [1.54, 1.807) is 13.3 Å². The second-order valence-corrected chi connectivity index (χ2v) is 5.92. The van der Waals surface area contributed by atoms with Crippen LogP contribution in [0.15, 0.2) is 12.3 Å². The molecule has 1 aliphatic heterocycles. The third-order valence-corrected chi connectivity index (χ3v) is 4.49. The van der Waals surface area contributed by atoms with Crippen molar-refractivity contribution >= 4 is 23.5 Å². The Bertz CT molecular complexity index is 430. The summed E-state index contributed by atoms with van der Waals surface area (Å²) in [6.07, 6.45) is 5.94. The lowest BCUT2D eigenvalue weighted by Crippen LogP contribution is -2.50. The van der Waals surface area contributed by atoms with Gasteiger partial charge in [0.2, 0.25) is 5.91 Å². The summed E-state index contributed by atoms with van der Waals surface area (Å²) in [4.78, 5) is 25.5. The minimum Gasteiger partial charge on any atom is -0.381 e. The smallest absolute Gasteiger partial charge is 0.321 e. The number of hydrogen-bond donors (Lipinski definition) is 2. The molecule has 1 aliphatic carbocycles. The van der Waals surface area contributed by atoms with Crippen molar-refractivity contribution in [2.75, 3.05) is 19.5 Å². The Morgan fingerprint density at radius 3 is 2.95 bits per heavy atom. The second kappa shape index (κ2) is 7.13. The van der Waals surface area contributed by atoms with E-state index in [4.69, 9.17) is 22.1 Å². The summed E-state index contributed by atoms with van der Waals surface area (Å²) in [6.45, 7) is 0.429. The fraction of sp³-hybridized carbons (Fsp3) is 0.714. The highest BCUT2D eigenvalue weighted by molar-refractivity contribution is 6.18. The van der Waals surface area contributed by atoms with Crippen molar-refractivity contribution in [1.29, 1.82) is 0 Å². The number of nitrogens with two attached hydrogens (primary N) is 1. The van der Waals surface area contributed by atoms with Gasteiger partial charge in [0, 0.05) is 37.7 Å². The van der Waals surface area contributed by atoms with Crippen LogP contribution < -0.4 is 11.1 Å². The standard InChI is InChI=1S/C14H22ClN3O3/c1-21-10-2-3-11(13(16)19)12-9(8-10)4-6-18(7-5-15)14(20)17-12/h4,6,9-12H,2-3,5,7-8H2,1H3,(H2,16,19)(H,17,20). The van der Waals surface area contributed by atoms with Crippen molar-refractivity contribution in [2.45, 2.75) is 31.4 Å². The Kier molecular flexibility index (Phi) is 5.47. The first-order valence-electron chi connectivity index (χ1n) is 7.20. The maximum absolute atomic E-state index is 12.2. The molecule has 1 fully saturated rings. The average Bonchev–Trinajstić information content (AvgIpc) is 2.70. The van der Waals surface area contributed by atoms with Crippen LogP contribution in [-0.4, -0.2) is 48.5 Å². The Hall–Kier alpha value is -1.27. The van der Waals surface area contributed by atoms with Crippen LogP contribution in [0.3, 0.4) is 0 Å². The zero-order valence-corrected chi connectivity index (χ0v) is 12.9. The van der Waals surface area contributed by atoms with E-state index < -0.39 is 0 Å². The van der Waals surface area contributed by atoms with Gasteiger partial charge in [-0.05, 0) is 19.3 Å². The molecule has 0 aromatic rings. The SMILES string of the molecule is COC1CCC(C(N)=O)C2NC(=O)N(CCCl)C=CC2C1. The lowest BCUT2D eigenvalue weighted by atomic mass is 9.86. The zero-order chi connectivity index (χ0) is 15.4. The largest absolute Gasteiger partial charge is 0.381 e. The van der Waals surface area contributed by atoms with E-state index in [2.05, 4.69) is 5.32 Å². The van der Waals surface area contributed by atoms with Crippen LogP contribution in [0.5, 0.6) is 0 Å². The third kappa shape index (κ3) is 3.68. The molecule has 21 heavy (non-hydrogen) atoms. The van der Waals surface area contributed by atoms with Gasteiger partial charge in [-0.15, -0.1) is 11.6 Å². The van der Waals surface area contributed by atoms with Gasteiger partial charge in [0.15, 0.2) is 0 Å². The van der Waals surface area contributed by atoms with E-state index in [9.17, 15) is 9.59 Å². The van der Waals surface area contributed by atoms with Gasteiger partial charge in [0.25, 0.3) is 0 Å². The highest BCUT2D eigenvalue weighted by atomic mass is 35.5. The molecule has 0 radical (unpaired) electrons. The molecule has 0 aromatic carbocycles. The number of urea groups is 1. The molecule has 0 bridgehead atoms. The fourth-order valence-electron chi connectivity index (χ4n) is 3.13. The highest BCUT2D eigenvalue weighted by Gasteiger charge is 2.39. The van der Waals surface area contributed by atoms with Crippen LogP contribution >= 0.6 is 11.6 Å². The highest BCUT2D eigenvalue weighted by Crippen LogP contribution is 2.32. The number of nitrogens with zero attached hydrogens (tertiary/aromatic N) is 1. The van der Waals surface area contributed by atoms with Crippen LogP contribution in [0.25, 0.3) is 0 Å². The van der Waals surface area contributed by atoms with Crippen molar-refractivity contribution < 1.29 is 14.3 Å². The van der Waals surface area contributed by atoms with E-state index >= 15 is 0 Å². The minimum atomic E-state index is -0.375. The van der Waals surface area contributed by atoms with Crippen LogP contribution in [0, 0.1) is 11.8 Å². The predicted molar refractivity (Wildman–Crippen MR) is 79.7 cm³/mol. The quantitative estimate of drug-likeness (QED) is 0.760. The summed E-state index contributed by atoms with van der Waals surface area (Å²) in [7, 11) is 1.67. The number of carbonyl (C=O) groups excluding carboxylic acids is 2. The van der Waals surface area contributed by atoms with Crippen molar-refractivity contribution in [3.8, 4) is 0 Å². The molecule has 4 atom stereocenters. The number of amides is 3. The Morgan fingerprint density at radius 1 is 1.57 bits per heavy atom. The molecule has 4 unspecified atom stereocenters. The third-order valence-electron chi connectivity index (χ3n) is 4.32. The number of primary amides is 1.